The van der Waals surface area contributed by atoms with E-state index in [0.29, 0.717) is 35.7 Å². The normalized spacial score (nSPS) is 16.8. The average Bonchev–Trinajstić information content (AvgIpc) is 3.09. The third kappa shape index (κ3) is 7.86. The predicted molar refractivity (Wildman–Crippen MR) is 129 cm³/mol. The van der Waals surface area contributed by atoms with Gasteiger partial charge in [-0.1, -0.05) is 41.4 Å². The van der Waals surface area contributed by atoms with Crippen LogP contribution < -0.4 is 10.1 Å². The molecule has 194 valence electrons. The van der Waals surface area contributed by atoms with Crippen LogP contribution in [0.5, 0.6) is 5.75 Å². The molecule has 0 bridgehead atoms. The van der Waals surface area contributed by atoms with Crippen molar-refractivity contribution < 1.29 is 32.3 Å². The predicted octanol–water partition coefficient (Wildman–Crippen LogP) is 4.99. The first kappa shape index (κ1) is 27.8. The summed E-state index contributed by atoms with van der Waals surface area (Å²) < 4.78 is 40.6. The number of nitrogens with zero attached hydrogens (tertiary/aromatic N) is 1. The van der Waals surface area contributed by atoms with E-state index in [0.717, 1.165) is 11.1 Å². The van der Waals surface area contributed by atoms with Gasteiger partial charge in [-0.2, -0.15) is 0 Å². The van der Waals surface area contributed by atoms with Crippen molar-refractivity contribution >= 4 is 40.8 Å². The van der Waals surface area contributed by atoms with Gasteiger partial charge in [0.1, 0.15) is 11.7 Å². The van der Waals surface area contributed by atoms with Crippen LogP contribution in [0.25, 0.3) is 0 Å². The van der Waals surface area contributed by atoms with Gasteiger partial charge < -0.3 is 15.0 Å². The molecule has 1 fully saturated rings. The molecule has 1 aliphatic rings. The summed E-state index contributed by atoms with van der Waals surface area (Å²) in [5, 5.41) is 3.72. The van der Waals surface area contributed by atoms with Crippen molar-refractivity contribution in [1.82, 2.24) is 10.2 Å². The number of carbonyl (C=O) groups is 3. The zero-order chi connectivity index (χ0) is 26.5. The number of amides is 2. The van der Waals surface area contributed by atoms with Gasteiger partial charge >= 0.3 is 6.36 Å². The van der Waals surface area contributed by atoms with Crippen LogP contribution in [0.1, 0.15) is 30.9 Å². The Morgan fingerprint density at radius 1 is 1.08 bits per heavy atom. The van der Waals surface area contributed by atoms with Crippen LogP contribution in [-0.4, -0.2) is 48.0 Å². The zero-order valence-corrected chi connectivity index (χ0v) is 20.9. The van der Waals surface area contributed by atoms with Gasteiger partial charge in [-0.05, 0) is 68.0 Å². The summed E-state index contributed by atoms with van der Waals surface area (Å²) in [4.78, 5) is 38.7. The summed E-state index contributed by atoms with van der Waals surface area (Å²) in [7, 11) is 0. The average molecular weight is 545 g/mol. The molecule has 11 heteroatoms. The van der Waals surface area contributed by atoms with Crippen LogP contribution in [0, 0.1) is 5.92 Å². The first-order valence-electron chi connectivity index (χ1n) is 11.3. The number of alkyl halides is 3. The second-order valence-electron chi connectivity index (χ2n) is 8.66. The number of Topliss-reactive ketones (excluding diaryl/α,β-unsaturated/α-hetero) is 1. The smallest absolute Gasteiger partial charge is 0.406 e. The molecular formula is C25H25Cl2F3N2O4. The Balaban J connectivity index is 1.44. The van der Waals surface area contributed by atoms with E-state index in [1.165, 1.54) is 29.2 Å². The molecule has 1 N–H and O–H groups in total. The van der Waals surface area contributed by atoms with Crippen LogP contribution in [0.15, 0.2) is 42.5 Å². The number of ether oxygens (including phenoxy) is 1. The Labute approximate surface area is 216 Å². The van der Waals surface area contributed by atoms with Gasteiger partial charge in [0.05, 0.1) is 10.0 Å². The maximum absolute atomic E-state index is 12.7. The number of likely N-dealkylation sites (tertiary alicyclic amines) is 1. The van der Waals surface area contributed by atoms with Crippen molar-refractivity contribution in [3.05, 3.63) is 63.6 Å². The number of nitrogens with one attached hydrogen (secondary N) is 1. The van der Waals surface area contributed by atoms with E-state index in [-0.39, 0.29) is 24.9 Å². The molecule has 2 aromatic rings. The number of halogens is 5. The van der Waals surface area contributed by atoms with E-state index in [2.05, 4.69) is 10.1 Å². The maximum atomic E-state index is 12.7. The van der Waals surface area contributed by atoms with Crippen LogP contribution in [0.3, 0.4) is 0 Å². The Bertz CT molecular complexity index is 1110. The van der Waals surface area contributed by atoms with E-state index in [1.807, 2.05) is 13.0 Å². The van der Waals surface area contributed by atoms with E-state index in [9.17, 15) is 27.6 Å². The van der Waals surface area contributed by atoms with E-state index < -0.39 is 29.9 Å². The number of carbonyl (C=O) groups excluding carboxylic acids is 3. The van der Waals surface area contributed by atoms with Crippen molar-refractivity contribution in [2.24, 2.45) is 5.92 Å². The number of hydrogen-bond acceptors (Lipinski definition) is 4. The number of ketones is 1. The second-order valence-corrected chi connectivity index (χ2v) is 9.47. The van der Waals surface area contributed by atoms with Gasteiger partial charge in [-0.25, -0.2) is 0 Å². The molecule has 1 saturated heterocycles. The lowest BCUT2D eigenvalue weighted by Crippen LogP contribution is -2.40. The van der Waals surface area contributed by atoms with Gasteiger partial charge in [0.15, 0.2) is 0 Å². The summed E-state index contributed by atoms with van der Waals surface area (Å²) in [6.07, 6.45) is -2.55. The zero-order valence-electron chi connectivity index (χ0n) is 19.4. The van der Waals surface area contributed by atoms with Gasteiger partial charge in [0, 0.05) is 19.1 Å². The lowest BCUT2D eigenvalue weighted by atomic mass is 10.0. The van der Waals surface area contributed by atoms with Gasteiger partial charge in [0.2, 0.25) is 11.7 Å². The second kappa shape index (κ2) is 12.0. The lowest BCUT2D eigenvalue weighted by Gasteiger charge is -2.18. The highest BCUT2D eigenvalue weighted by molar-refractivity contribution is 6.42. The topological polar surface area (TPSA) is 75.7 Å². The van der Waals surface area contributed by atoms with Crippen LogP contribution in [0.2, 0.25) is 10.0 Å². The summed E-state index contributed by atoms with van der Waals surface area (Å²) in [6, 6.07) is 10.5. The molecule has 1 aliphatic heterocycles. The van der Waals surface area contributed by atoms with Crippen molar-refractivity contribution in [2.45, 2.75) is 45.0 Å². The molecule has 0 aliphatic carbocycles. The van der Waals surface area contributed by atoms with E-state index in [4.69, 9.17) is 23.2 Å². The van der Waals surface area contributed by atoms with Crippen molar-refractivity contribution in [2.75, 3.05) is 13.1 Å². The maximum Gasteiger partial charge on any atom is 0.573 e. The number of rotatable bonds is 10. The van der Waals surface area contributed by atoms with Crippen molar-refractivity contribution in [3.8, 4) is 5.75 Å². The molecule has 1 heterocycles. The summed E-state index contributed by atoms with van der Waals surface area (Å²) in [6.45, 7) is 2.07. The summed E-state index contributed by atoms with van der Waals surface area (Å²) in [5.74, 6) is -3.31. The van der Waals surface area contributed by atoms with Gasteiger partial charge in [-0.15, -0.1) is 13.2 Å². The quantitative estimate of drug-likeness (QED) is 0.337. The monoisotopic (exact) mass is 544 g/mol. The lowest BCUT2D eigenvalue weighted by molar-refractivity contribution is -0.274. The standard InChI is InChI=1S/C25H25Cl2F3N2O4/c1-15(4-5-17-8-11-20(26)21(27)13-17)31-23(34)19-14-32(24(35)22(19)33)12-2-3-16-6-9-18(10-7-16)36-25(28,29)30/h6-11,13,15,19H,2-5,12,14H2,1H3,(H,31,34). The highest BCUT2D eigenvalue weighted by atomic mass is 35.5. The van der Waals surface area contributed by atoms with Crippen LogP contribution in [-0.2, 0) is 27.2 Å². The molecule has 2 aromatic carbocycles. The third-order valence-corrected chi connectivity index (χ3v) is 6.56. The molecule has 3 rings (SSSR count). The number of benzene rings is 2. The third-order valence-electron chi connectivity index (χ3n) is 5.82. The van der Waals surface area contributed by atoms with Crippen LogP contribution >= 0.6 is 23.2 Å². The molecular weight excluding hydrogens is 520 g/mol. The Kier molecular flexibility index (Phi) is 9.24. The fourth-order valence-electron chi connectivity index (χ4n) is 3.91. The minimum absolute atomic E-state index is 0.00136. The SMILES string of the molecule is CC(CCc1ccc(Cl)c(Cl)c1)NC(=O)C1CN(CCCc2ccc(OC(F)(F)F)cc2)C(=O)C1=O. The molecule has 2 amide bonds. The van der Waals surface area contributed by atoms with Crippen molar-refractivity contribution in [1.29, 1.82) is 0 Å². The molecule has 0 radical (unpaired) electrons. The van der Waals surface area contributed by atoms with E-state index >= 15 is 0 Å². The molecule has 6 nitrogen and oxygen atoms in total. The summed E-state index contributed by atoms with van der Waals surface area (Å²) in [5.41, 5.74) is 1.72. The number of hydrogen-bond donors (Lipinski definition) is 1. The molecule has 0 spiro atoms. The molecule has 0 aromatic heterocycles. The van der Waals surface area contributed by atoms with Crippen molar-refractivity contribution in [3.63, 3.8) is 0 Å². The largest absolute Gasteiger partial charge is 0.573 e. The fraction of sp³-hybridized carbons (Fsp3) is 0.400. The van der Waals surface area contributed by atoms with E-state index in [1.54, 1.807) is 12.1 Å². The molecule has 0 saturated carbocycles. The number of aryl methyl sites for hydroxylation is 2. The first-order chi connectivity index (χ1) is 16.9. The molecule has 2 unspecified atom stereocenters. The highest BCUT2D eigenvalue weighted by Gasteiger charge is 2.43. The molecule has 36 heavy (non-hydrogen) atoms. The van der Waals surface area contributed by atoms with Gasteiger partial charge in [0.25, 0.3) is 5.91 Å². The first-order valence-corrected chi connectivity index (χ1v) is 12.1. The Morgan fingerprint density at radius 2 is 1.75 bits per heavy atom. The Morgan fingerprint density at radius 3 is 2.39 bits per heavy atom. The minimum atomic E-state index is -4.75. The minimum Gasteiger partial charge on any atom is -0.406 e. The fourth-order valence-corrected chi connectivity index (χ4v) is 4.23. The Hall–Kier alpha value is -2.78. The van der Waals surface area contributed by atoms with Gasteiger partial charge in [-0.3, -0.25) is 14.4 Å². The van der Waals surface area contributed by atoms with Crippen LogP contribution in [0.4, 0.5) is 13.2 Å². The highest BCUT2D eigenvalue weighted by Crippen LogP contribution is 2.24. The summed E-state index contributed by atoms with van der Waals surface area (Å²) >= 11 is 11.9. The molecule has 2 atom stereocenters.